The molecule has 0 aromatic carbocycles. The van der Waals surface area contributed by atoms with Crippen LogP contribution < -0.4 is 0 Å². The topological polar surface area (TPSA) is 34.4 Å². The Morgan fingerprint density at radius 2 is 2.41 bits per heavy atom. The Bertz CT molecular complexity index is 551. The summed E-state index contributed by atoms with van der Waals surface area (Å²) >= 11 is 1.60. The molecule has 0 amide bonds. The predicted molar refractivity (Wildman–Crippen MR) is 68.3 cm³/mol. The lowest BCUT2D eigenvalue weighted by Gasteiger charge is -2.10. The number of carbonyl (C=O) groups excluding carboxylic acids is 1. The van der Waals surface area contributed by atoms with E-state index in [-0.39, 0.29) is 5.78 Å². The van der Waals surface area contributed by atoms with E-state index >= 15 is 0 Å². The molecule has 88 valence electrons. The van der Waals surface area contributed by atoms with Crippen molar-refractivity contribution in [2.24, 2.45) is 0 Å². The first kappa shape index (κ1) is 10.7. The molecule has 3 rings (SSSR count). The van der Waals surface area contributed by atoms with Crippen molar-refractivity contribution in [3.63, 3.8) is 0 Å². The number of fused-ring (bicyclic) bond motifs is 1. The van der Waals surface area contributed by atoms with E-state index in [0.717, 1.165) is 35.5 Å². The number of allylic oxidation sites excluding steroid dienone is 2. The average molecular weight is 246 g/mol. The smallest absolute Gasteiger partial charge is 0.193 e. The Kier molecular flexibility index (Phi) is 2.81. The first-order valence-corrected chi connectivity index (χ1v) is 6.84. The van der Waals surface area contributed by atoms with Crippen LogP contribution in [0.1, 0.15) is 31.4 Å². The van der Waals surface area contributed by atoms with Crippen molar-refractivity contribution in [2.45, 2.75) is 32.1 Å². The fourth-order valence-corrected chi connectivity index (χ4v) is 2.95. The quantitative estimate of drug-likeness (QED) is 0.834. The molecule has 0 radical (unpaired) electrons. The molecule has 0 atom stereocenters. The van der Waals surface area contributed by atoms with Gasteiger partial charge in [-0.1, -0.05) is 6.08 Å². The zero-order chi connectivity index (χ0) is 11.7. The van der Waals surface area contributed by atoms with Gasteiger partial charge in [0.05, 0.1) is 12.1 Å². The lowest BCUT2D eigenvalue weighted by atomic mass is 9.95. The summed E-state index contributed by atoms with van der Waals surface area (Å²) in [5.41, 5.74) is 1.89. The van der Waals surface area contributed by atoms with Crippen LogP contribution in [0.5, 0.6) is 0 Å². The number of hydrogen-bond acceptors (Lipinski definition) is 3. The number of Topliss-reactive ketones (excluding diaryl/α,β-unsaturated/α-hetero) is 1. The molecule has 3 nitrogen and oxygen atoms in total. The van der Waals surface area contributed by atoms with Gasteiger partial charge in [0.15, 0.2) is 10.7 Å². The minimum Gasteiger partial charge on any atom is -0.297 e. The molecule has 0 N–H and O–H groups in total. The first-order valence-electron chi connectivity index (χ1n) is 5.96. The lowest BCUT2D eigenvalue weighted by Crippen LogP contribution is -2.09. The van der Waals surface area contributed by atoms with Crippen molar-refractivity contribution in [3.8, 4) is 0 Å². The molecule has 0 unspecified atom stereocenters. The van der Waals surface area contributed by atoms with Crippen molar-refractivity contribution in [1.82, 2.24) is 9.38 Å². The SMILES string of the molecule is O=C(Cc1cn2ccsc2n1)C1=CCCCC1. The summed E-state index contributed by atoms with van der Waals surface area (Å²) < 4.78 is 1.97. The highest BCUT2D eigenvalue weighted by atomic mass is 32.1. The van der Waals surface area contributed by atoms with E-state index in [1.165, 1.54) is 6.42 Å². The summed E-state index contributed by atoms with van der Waals surface area (Å²) in [6.45, 7) is 0. The van der Waals surface area contributed by atoms with Crippen LogP contribution in [-0.2, 0) is 11.2 Å². The normalized spacial score (nSPS) is 16.1. The number of hydrogen-bond donors (Lipinski definition) is 0. The van der Waals surface area contributed by atoms with Crippen molar-refractivity contribution in [1.29, 1.82) is 0 Å². The number of rotatable bonds is 3. The van der Waals surface area contributed by atoms with E-state index in [1.54, 1.807) is 11.3 Å². The van der Waals surface area contributed by atoms with Gasteiger partial charge in [0.2, 0.25) is 0 Å². The molecular formula is C13H14N2OS. The number of carbonyl (C=O) groups is 1. The number of aromatic nitrogens is 2. The molecule has 0 spiro atoms. The van der Waals surface area contributed by atoms with Gasteiger partial charge in [0.1, 0.15) is 0 Å². The van der Waals surface area contributed by atoms with Gasteiger partial charge in [-0.3, -0.25) is 9.20 Å². The van der Waals surface area contributed by atoms with Crippen LogP contribution in [0.4, 0.5) is 0 Å². The number of ketones is 1. The fraction of sp³-hybridized carbons (Fsp3) is 0.385. The van der Waals surface area contributed by atoms with E-state index in [4.69, 9.17) is 0 Å². The van der Waals surface area contributed by atoms with Gasteiger partial charge in [0.25, 0.3) is 0 Å². The van der Waals surface area contributed by atoms with Crippen LogP contribution in [0.15, 0.2) is 29.4 Å². The maximum Gasteiger partial charge on any atom is 0.193 e. The van der Waals surface area contributed by atoms with Crippen LogP contribution in [0.2, 0.25) is 0 Å². The highest BCUT2D eigenvalue weighted by Gasteiger charge is 2.14. The Balaban J connectivity index is 1.76. The van der Waals surface area contributed by atoms with Gasteiger partial charge < -0.3 is 0 Å². The maximum absolute atomic E-state index is 12.1. The highest BCUT2D eigenvalue weighted by molar-refractivity contribution is 7.15. The molecular weight excluding hydrogens is 232 g/mol. The third-order valence-corrected chi connectivity index (χ3v) is 3.90. The Morgan fingerprint density at radius 3 is 3.18 bits per heavy atom. The summed E-state index contributed by atoms with van der Waals surface area (Å²) in [7, 11) is 0. The van der Waals surface area contributed by atoms with Crippen molar-refractivity contribution >= 4 is 22.1 Å². The van der Waals surface area contributed by atoms with E-state index in [0.29, 0.717) is 6.42 Å². The van der Waals surface area contributed by atoms with Gasteiger partial charge in [-0.15, -0.1) is 11.3 Å². The van der Waals surface area contributed by atoms with Crippen LogP contribution in [-0.4, -0.2) is 15.2 Å². The van der Waals surface area contributed by atoms with Gasteiger partial charge in [0, 0.05) is 17.8 Å². The molecule has 2 aromatic heterocycles. The average Bonchev–Trinajstić information content (AvgIpc) is 2.90. The second kappa shape index (κ2) is 4.45. The minimum atomic E-state index is 0.246. The lowest BCUT2D eigenvalue weighted by molar-refractivity contribution is -0.115. The van der Waals surface area contributed by atoms with Gasteiger partial charge in [-0.2, -0.15) is 0 Å². The van der Waals surface area contributed by atoms with Gasteiger partial charge in [-0.25, -0.2) is 4.98 Å². The van der Waals surface area contributed by atoms with Crippen molar-refractivity contribution in [3.05, 3.63) is 35.1 Å². The zero-order valence-electron chi connectivity index (χ0n) is 9.56. The summed E-state index contributed by atoms with van der Waals surface area (Å²) in [5, 5.41) is 2.00. The number of thiazole rings is 1. The Labute approximate surface area is 104 Å². The molecule has 0 saturated carbocycles. The molecule has 4 heteroatoms. The van der Waals surface area contributed by atoms with Crippen LogP contribution in [0, 0.1) is 0 Å². The third-order valence-electron chi connectivity index (χ3n) is 3.13. The standard InChI is InChI=1S/C13H14N2OS/c16-12(10-4-2-1-3-5-10)8-11-9-15-6-7-17-13(15)14-11/h4,6-7,9H,1-3,5,8H2. The van der Waals surface area contributed by atoms with Crippen LogP contribution in [0.25, 0.3) is 4.96 Å². The van der Waals surface area contributed by atoms with Crippen LogP contribution in [0.3, 0.4) is 0 Å². The maximum atomic E-state index is 12.1. The van der Waals surface area contributed by atoms with E-state index in [1.807, 2.05) is 22.2 Å². The Morgan fingerprint density at radius 1 is 1.47 bits per heavy atom. The summed E-state index contributed by atoms with van der Waals surface area (Å²) in [4.78, 5) is 17.5. The highest BCUT2D eigenvalue weighted by Crippen LogP contribution is 2.20. The largest absolute Gasteiger partial charge is 0.297 e. The molecule has 0 aliphatic heterocycles. The molecule has 17 heavy (non-hydrogen) atoms. The first-order chi connectivity index (χ1) is 8.33. The van der Waals surface area contributed by atoms with Crippen molar-refractivity contribution in [2.75, 3.05) is 0 Å². The minimum absolute atomic E-state index is 0.246. The molecule has 0 fully saturated rings. The summed E-state index contributed by atoms with van der Waals surface area (Å²) in [6.07, 6.45) is 10.8. The van der Waals surface area contributed by atoms with E-state index in [9.17, 15) is 4.79 Å². The number of nitrogens with zero attached hydrogens (tertiary/aromatic N) is 2. The molecule has 1 aliphatic rings. The van der Waals surface area contributed by atoms with Crippen molar-refractivity contribution < 1.29 is 4.79 Å². The Hall–Kier alpha value is -1.42. The van der Waals surface area contributed by atoms with Crippen LogP contribution >= 0.6 is 11.3 Å². The monoisotopic (exact) mass is 246 g/mol. The van der Waals surface area contributed by atoms with Gasteiger partial charge >= 0.3 is 0 Å². The second-order valence-electron chi connectivity index (χ2n) is 4.40. The molecule has 1 aliphatic carbocycles. The molecule has 0 bridgehead atoms. The summed E-state index contributed by atoms with van der Waals surface area (Å²) in [5.74, 6) is 0.246. The predicted octanol–water partition coefficient (Wildman–Crippen LogP) is 3.01. The molecule has 0 saturated heterocycles. The number of imidazole rings is 1. The van der Waals surface area contributed by atoms with E-state index < -0.39 is 0 Å². The molecule has 2 heterocycles. The third kappa shape index (κ3) is 2.17. The fourth-order valence-electron chi connectivity index (χ4n) is 2.23. The molecule has 2 aromatic rings. The second-order valence-corrected chi connectivity index (χ2v) is 5.27. The van der Waals surface area contributed by atoms with Gasteiger partial charge in [-0.05, 0) is 31.3 Å². The zero-order valence-corrected chi connectivity index (χ0v) is 10.4. The summed E-state index contributed by atoms with van der Waals surface area (Å²) in [6, 6.07) is 0. The van der Waals surface area contributed by atoms with E-state index in [2.05, 4.69) is 11.1 Å².